The van der Waals surface area contributed by atoms with Gasteiger partial charge in [0.25, 0.3) is 0 Å². The van der Waals surface area contributed by atoms with Gasteiger partial charge in [0.1, 0.15) is 5.75 Å². The van der Waals surface area contributed by atoms with Crippen LogP contribution < -0.4 is 4.74 Å². The van der Waals surface area contributed by atoms with E-state index in [1.807, 2.05) is 0 Å². The van der Waals surface area contributed by atoms with E-state index in [4.69, 9.17) is 4.74 Å². The Bertz CT molecular complexity index is 464. The molecular formula is C10H8Br2OS. The number of hydrogen-bond donors (Lipinski definition) is 0. The fraction of sp³-hybridized carbons (Fsp3) is 0.200. The summed E-state index contributed by atoms with van der Waals surface area (Å²) < 4.78 is 7.68. The van der Waals surface area contributed by atoms with Crippen molar-refractivity contribution in [3.63, 3.8) is 0 Å². The molecule has 0 aliphatic carbocycles. The maximum Gasteiger partial charge on any atom is 0.138 e. The van der Waals surface area contributed by atoms with Crippen molar-refractivity contribution in [3.05, 3.63) is 27.5 Å². The van der Waals surface area contributed by atoms with E-state index in [1.54, 1.807) is 18.4 Å². The zero-order chi connectivity index (χ0) is 10.1. The topological polar surface area (TPSA) is 9.23 Å². The van der Waals surface area contributed by atoms with Gasteiger partial charge in [0, 0.05) is 15.6 Å². The highest BCUT2D eigenvalue weighted by atomic mass is 79.9. The molecule has 0 aliphatic rings. The molecule has 0 radical (unpaired) electrons. The molecule has 0 amide bonds. The molecule has 0 saturated carbocycles. The lowest BCUT2D eigenvalue weighted by atomic mass is 10.2. The Labute approximate surface area is 103 Å². The van der Waals surface area contributed by atoms with E-state index in [-0.39, 0.29) is 0 Å². The van der Waals surface area contributed by atoms with Crippen molar-refractivity contribution in [2.24, 2.45) is 0 Å². The summed E-state index contributed by atoms with van der Waals surface area (Å²) in [5, 5.41) is 4.17. The zero-order valence-electron chi connectivity index (χ0n) is 7.51. The molecule has 0 saturated heterocycles. The summed E-state index contributed by atoms with van der Waals surface area (Å²) in [7, 11) is 1.70. The number of alkyl halides is 1. The Kier molecular flexibility index (Phi) is 3.14. The van der Waals surface area contributed by atoms with Crippen LogP contribution in [-0.4, -0.2) is 7.11 Å². The number of thiophene rings is 1. The third-order valence-electron chi connectivity index (χ3n) is 2.08. The molecular weight excluding hydrogens is 328 g/mol. The first-order valence-corrected chi connectivity index (χ1v) is 6.86. The highest BCUT2D eigenvalue weighted by molar-refractivity contribution is 9.10. The first-order valence-electron chi connectivity index (χ1n) is 4.06. The average molecular weight is 336 g/mol. The quantitative estimate of drug-likeness (QED) is 0.730. The highest BCUT2D eigenvalue weighted by Crippen LogP contribution is 2.39. The molecule has 0 N–H and O–H groups in total. The van der Waals surface area contributed by atoms with E-state index >= 15 is 0 Å². The van der Waals surface area contributed by atoms with Crippen molar-refractivity contribution in [3.8, 4) is 5.75 Å². The van der Waals surface area contributed by atoms with E-state index in [0.29, 0.717) is 0 Å². The first-order chi connectivity index (χ1) is 6.77. The number of fused-ring (bicyclic) bond motifs is 1. The van der Waals surface area contributed by atoms with Crippen LogP contribution in [-0.2, 0) is 5.33 Å². The minimum Gasteiger partial charge on any atom is -0.495 e. The molecule has 0 fully saturated rings. The molecule has 0 atom stereocenters. The minimum absolute atomic E-state index is 0.812. The Balaban J connectivity index is 2.82. The molecule has 0 spiro atoms. The van der Waals surface area contributed by atoms with Crippen LogP contribution in [0.25, 0.3) is 10.1 Å². The molecule has 2 aromatic rings. The lowest BCUT2D eigenvalue weighted by molar-refractivity contribution is 0.409. The van der Waals surface area contributed by atoms with Crippen molar-refractivity contribution in [2.75, 3.05) is 7.11 Å². The van der Waals surface area contributed by atoms with Gasteiger partial charge in [-0.25, -0.2) is 0 Å². The van der Waals surface area contributed by atoms with Crippen molar-refractivity contribution >= 4 is 53.3 Å². The number of benzene rings is 1. The van der Waals surface area contributed by atoms with Crippen molar-refractivity contribution in [1.29, 1.82) is 0 Å². The molecule has 4 heteroatoms. The largest absolute Gasteiger partial charge is 0.495 e. The van der Waals surface area contributed by atoms with Crippen molar-refractivity contribution in [2.45, 2.75) is 5.33 Å². The molecule has 0 aliphatic heterocycles. The second kappa shape index (κ2) is 4.21. The first kappa shape index (κ1) is 10.5. The van der Waals surface area contributed by atoms with Crippen molar-refractivity contribution in [1.82, 2.24) is 0 Å². The number of halogens is 2. The predicted octanol–water partition coefficient (Wildman–Crippen LogP) is 4.57. The van der Waals surface area contributed by atoms with Crippen LogP contribution in [0.1, 0.15) is 5.56 Å². The van der Waals surface area contributed by atoms with Gasteiger partial charge >= 0.3 is 0 Å². The lowest BCUT2D eigenvalue weighted by Gasteiger charge is -2.09. The fourth-order valence-electron chi connectivity index (χ4n) is 1.47. The summed E-state index contributed by atoms with van der Waals surface area (Å²) in [6.07, 6.45) is 0. The normalized spacial score (nSPS) is 10.8. The lowest BCUT2D eigenvalue weighted by Crippen LogP contribution is -1.90. The van der Waals surface area contributed by atoms with E-state index in [2.05, 4.69) is 49.4 Å². The second-order valence-corrected chi connectivity index (χ2v) is 5.17. The van der Waals surface area contributed by atoms with Crippen LogP contribution in [0.15, 0.2) is 22.0 Å². The molecule has 0 bridgehead atoms. The van der Waals surface area contributed by atoms with Gasteiger partial charge in [-0.1, -0.05) is 15.9 Å². The summed E-state index contributed by atoms with van der Waals surface area (Å²) in [4.78, 5) is 0. The SMILES string of the molecule is COc1c(Br)cc2ccsc2c1CBr. The molecule has 0 unspecified atom stereocenters. The molecule has 2 rings (SSSR count). The molecule has 1 aromatic heterocycles. The highest BCUT2D eigenvalue weighted by Gasteiger charge is 2.12. The monoisotopic (exact) mass is 334 g/mol. The van der Waals surface area contributed by atoms with E-state index < -0.39 is 0 Å². The third-order valence-corrected chi connectivity index (χ3v) is 4.22. The van der Waals surface area contributed by atoms with Gasteiger partial charge in [-0.15, -0.1) is 11.3 Å². The van der Waals surface area contributed by atoms with Crippen LogP contribution in [0, 0.1) is 0 Å². The standard InChI is InChI=1S/C10H8Br2OS/c1-13-9-7(5-11)10-6(2-3-14-10)4-8(9)12/h2-4H,5H2,1H3. The van der Waals surface area contributed by atoms with Gasteiger partial charge in [-0.3, -0.25) is 0 Å². The Morgan fingerprint density at radius 3 is 2.93 bits per heavy atom. The number of hydrogen-bond acceptors (Lipinski definition) is 2. The van der Waals surface area contributed by atoms with E-state index in [0.717, 1.165) is 15.6 Å². The predicted molar refractivity (Wildman–Crippen MR) is 68.7 cm³/mol. The Morgan fingerprint density at radius 2 is 2.29 bits per heavy atom. The zero-order valence-corrected chi connectivity index (χ0v) is 11.5. The molecule has 14 heavy (non-hydrogen) atoms. The number of methoxy groups -OCH3 is 1. The summed E-state index contributed by atoms with van der Waals surface area (Å²) >= 11 is 8.75. The summed E-state index contributed by atoms with van der Waals surface area (Å²) in [6.45, 7) is 0. The molecule has 1 heterocycles. The van der Waals surface area contributed by atoms with Gasteiger partial charge in [-0.2, -0.15) is 0 Å². The smallest absolute Gasteiger partial charge is 0.138 e. The number of rotatable bonds is 2. The van der Waals surface area contributed by atoms with Gasteiger partial charge < -0.3 is 4.74 Å². The van der Waals surface area contributed by atoms with Crippen LogP contribution in [0.2, 0.25) is 0 Å². The van der Waals surface area contributed by atoms with Crippen LogP contribution in [0.5, 0.6) is 5.75 Å². The summed E-state index contributed by atoms with van der Waals surface area (Å²) in [5.41, 5.74) is 1.21. The minimum atomic E-state index is 0.812. The van der Waals surface area contributed by atoms with Crippen LogP contribution >= 0.6 is 43.2 Å². The molecule has 74 valence electrons. The average Bonchev–Trinajstić information content (AvgIpc) is 2.62. The maximum atomic E-state index is 5.37. The Hall–Kier alpha value is -0.0600. The maximum absolute atomic E-state index is 5.37. The third kappa shape index (κ3) is 1.59. The van der Waals surface area contributed by atoms with Gasteiger partial charge in [0.15, 0.2) is 0 Å². The summed E-state index contributed by atoms with van der Waals surface area (Å²) in [5.74, 6) is 0.928. The Morgan fingerprint density at radius 1 is 1.50 bits per heavy atom. The van der Waals surface area contributed by atoms with Crippen LogP contribution in [0.4, 0.5) is 0 Å². The molecule has 1 aromatic carbocycles. The second-order valence-electron chi connectivity index (χ2n) is 2.84. The van der Waals surface area contributed by atoms with Gasteiger partial charge in [-0.05, 0) is 38.8 Å². The summed E-state index contributed by atoms with van der Waals surface area (Å²) in [6, 6.07) is 4.22. The van der Waals surface area contributed by atoms with Crippen molar-refractivity contribution < 1.29 is 4.74 Å². The van der Waals surface area contributed by atoms with Gasteiger partial charge in [0.2, 0.25) is 0 Å². The molecule has 1 nitrogen and oxygen atoms in total. The number of ether oxygens (including phenoxy) is 1. The van der Waals surface area contributed by atoms with E-state index in [9.17, 15) is 0 Å². The van der Waals surface area contributed by atoms with Crippen LogP contribution in [0.3, 0.4) is 0 Å². The van der Waals surface area contributed by atoms with E-state index in [1.165, 1.54) is 15.6 Å². The fourth-order valence-corrected chi connectivity index (χ4v) is 3.76. The van der Waals surface area contributed by atoms with Gasteiger partial charge in [0.05, 0.1) is 11.6 Å².